The molecule has 0 atom stereocenters. The van der Waals surface area contributed by atoms with E-state index in [2.05, 4.69) is 15.0 Å². The van der Waals surface area contributed by atoms with E-state index in [0.29, 0.717) is 49.9 Å². The minimum Gasteiger partial charge on any atom is -0.497 e. The van der Waals surface area contributed by atoms with Crippen molar-refractivity contribution in [1.29, 1.82) is 0 Å². The predicted molar refractivity (Wildman–Crippen MR) is 129 cm³/mol. The lowest BCUT2D eigenvalue weighted by molar-refractivity contribution is 0.338. The van der Waals surface area contributed by atoms with Crippen LogP contribution in [0, 0.1) is 0 Å². The van der Waals surface area contributed by atoms with Crippen LogP contribution in [0.3, 0.4) is 0 Å². The lowest BCUT2D eigenvalue weighted by Gasteiger charge is -2.35. The molecule has 1 aliphatic rings. The van der Waals surface area contributed by atoms with Crippen molar-refractivity contribution < 1.29 is 22.4 Å². The van der Waals surface area contributed by atoms with E-state index in [1.807, 2.05) is 45.0 Å². The Labute approximate surface area is 200 Å². The molecular formula is C24H30N4O5S. The molecule has 0 N–H and O–H groups in total. The van der Waals surface area contributed by atoms with E-state index in [1.54, 1.807) is 25.3 Å². The van der Waals surface area contributed by atoms with E-state index in [9.17, 15) is 8.42 Å². The van der Waals surface area contributed by atoms with E-state index in [0.717, 1.165) is 11.4 Å². The SMILES string of the molecule is CCOc1ccc(S(=O)(=O)N2CCN(c3ccc(OC)cc3)CC2)cc1-c1nc(C(C)C)no1. The molecule has 0 saturated carbocycles. The van der Waals surface area contributed by atoms with E-state index in [4.69, 9.17) is 14.0 Å². The molecule has 0 unspecified atom stereocenters. The second kappa shape index (κ2) is 10.0. The highest BCUT2D eigenvalue weighted by Crippen LogP contribution is 2.33. The fourth-order valence-corrected chi connectivity index (χ4v) is 5.27. The second-order valence-electron chi connectivity index (χ2n) is 8.29. The van der Waals surface area contributed by atoms with Gasteiger partial charge in [0.15, 0.2) is 5.82 Å². The smallest absolute Gasteiger partial charge is 0.261 e. The van der Waals surface area contributed by atoms with Gasteiger partial charge in [0.05, 0.1) is 24.2 Å². The Morgan fingerprint density at radius 2 is 1.76 bits per heavy atom. The topological polar surface area (TPSA) is 98.0 Å². The standard InChI is InChI=1S/C24H30N4O5S/c1-5-32-22-11-10-20(16-21(22)24-25-23(17(2)3)26-33-24)34(29,30)28-14-12-27(13-15-28)18-6-8-19(31-4)9-7-18/h6-11,16-17H,5,12-15H2,1-4H3. The molecule has 34 heavy (non-hydrogen) atoms. The van der Waals surface area contributed by atoms with E-state index >= 15 is 0 Å². The molecule has 1 aromatic heterocycles. The third-order valence-corrected chi connectivity index (χ3v) is 7.65. The number of aromatic nitrogens is 2. The Hall–Kier alpha value is -3.11. The van der Waals surface area contributed by atoms with E-state index in [-0.39, 0.29) is 16.7 Å². The molecule has 9 nitrogen and oxygen atoms in total. The third kappa shape index (κ3) is 4.88. The molecule has 0 bridgehead atoms. The summed E-state index contributed by atoms with van der Waals surface area (Å²) in [4.78, 5) is 6.77. The maximum absolute atomic E-state index is 13.5. The van der Waals surface area contributed by atoms with Gasteiger partial charge in [0.2, 0.25) is 10.0 Å². The molecule has 1 fully saturated rings. The Morgan fingerprint density at radius 1 is 1.06 bits per heavy atom. The van der Waals surface area contributed by atoms with Gasteiger partial charge < -0.3 is 18.9 Å². The van der Waals surface area contributed by atoms with Gasteiger partial charge in [0, 0.05) is 37.8 Å². The number of anilines is 1. The zero-order chi connectivity index (χ0) is 24.3. The van der Waals surface area contributed by atoms with Crippen molar-refractivity contribution in [3.8, 4) is 23.0 Å². The molecule has 0 radical (unpaired) electrons. The first-order valence-electron chi connectivity index (χ1n) is 11.3. The number of nitrogens with zero attached hydrogens (tertiary/aromatic N) is 4. The molecule has 1 aliphatic heterocycles. The molecule has 3 aromatic rings. The summed E-state index contributed by atoms with van der Waals surface area (Å²) < 4.78 is 44.8. The lowest BCUT2D eigenvalue weighted by atomic mass is 10.2. The van der Waals surface area contributed by atoms with Crippen LogP contribution in [0.5, 0.6) is 11.5 Å². The fraction of sp³-hybridized carbons (Fsp3) is 0.417. The zero-order valence-corrected chi connectivity index (χ0v) is 20.7. The molecule has 1 saturated heterocycles. The van der Waals surface area contributed by atoms with Crippen LogP contribution in [0.15, 0.2) is 51.9 Å². The number of benzene rings is 2. The number of rotatable bonds is 8. The monoisotopic (exact) mass is 486 g/mol. The van der Waals surface area contributed by atoms with Crippen LogP contribution in [0.2, 0.25) is 0 Å². The minimum atomic E-state index is -3.71. The summed E-state index contributed by atoms with van der Waals surface area (Å²) in [5.74, 6) is 2.18. The molecule has 2 aromatic carbocycles. The second-order valence-corrected chi connectivity index (χ2v) is 10.2. The minimum absolute atomic E-state index is 0.0851. The number of hydrogen-bond donors (Lipinski definition) is 0. The number of hydrogen-bond acceptors (Lipinski definition) is 8. The summed E-state index contributed by atoms with van der Waals surface area (Å²) in [5, 5.41) is 4.01. The van der Waals surface area contributed by atoms with Gasteiger partial charge in [-0.05, 0) is 49.4 Å². The van der Waals surface area contributed by atoms with Gasteiger partial charge in [-0.15, -0.1) is 0 Å². The summed E-state index contributed by atoms with van der Waals surface area (Å²) in [6, 6.07) is 12.6. The van der Waals surface area contributed by atoms with E-state index in [1.165, 1.54) is 4.31 Å². The van der Waals surface area contributed by atoms with Crippen LogP contribution in [0.1, 0.15) is 32.5 Å². The van der Waals surface area contributed by atoms with Crippen LogP contribution in [0.4, 0.5) is 5.69 Å². The van der Waals surface area contributed by atoms with Crippen molar-refractivity contribution in [3.63, 3.8) is 0 Å². The van der Waals surface area contributed by atoms with Crippen LogP contribution < -0.4 is 14.4 Å². The Kier molecular flexibility index (Phi) is 7.08. The Bertz CT molecular complexity index is 1220. The summed E-state index contributed by atoms with van der Waals surface area (Å²) in [7, 11) is -2.08. The summed E-state index contributed by atoms with van der Waals surface area (Å²) in [6.07, 6.45) is 0. The van der Waals surface area contributed by atoms with Crippen LogP contribution in [0.25, 0.3) is 11.5 Å². The first-order chi connectivity index (χ1) is 16.3. The summed E-state index contributed by atoms with van der Waals surface area (Å²) in [5.41, 5.74) is 1.51. The lowest BCUT2D eigenvalue weighted by Crippen LogP contribution is -2.48. The summed E-state index contributed by atoms with van der Waals surface area (Å²) >= 11 is 0. The molecule has 0 spiro atoms. The zero-order valence-electron chi connectivity index (χ0n) is 19.9. The first kappa shape index (κ1) is 24.0. The highest BCUT2D eigenvalue weighted by Gasteiger charge is 2.30. The van der Waals surface area contributed by atoms with Crippen molar-refractivity contribution in [2.45, 2.75) is 31.6 Å². The highest BCUT2D eigenvalue weighted by atomic mass is 32.2. The van der Waals surface area contributed by atoms with Gasteiger partial charge in [-0.3, -0.25) is 0 Å². The molecule has 2 heterocycles. The predicted octanol–water partition coefficient (Wildman–Crippen LogP) is 3.78. The first-order valence-corrected chi connectivity index (χ1v) is 12.8. The van der Waals surface area contributed by atoms with Crippen molar-refractivity contribution in [1.82, 2.24) is 14.4 Å². The van der Waals surface area contributed by atoms with Crippen molar-refractivity contribution >= 4 is 15.7 Å². The van der Waals surface area contributed by atoms with Gasteiger partial charge in [0.1, 0.15) is 11.5 Å². The maximum Gasteiger partial charge on any atom is 0.261 e. The molecule has 10 heteroatoms. The average Bonchev–Trinajstić information content (AvgIpc) is 3.35. The largest absolute Gasteiger partial charge is 0.497 e. The summed E-state index contributed by atoms with van der Waals surface area (Å²) in [6.45, 7) is 8.18. The van der Waals surface area contributed by atoms with Crippen molar-refractivity contribution in [3.05, 3.63) is 48.3 Å². The van der Waals surface area contributed by atoms with Crippen molar-refractivity contribution in [2.75, 3.05) is 44.8 Å². The molecule has 182 valence electrons. The molecule has 4 rings (SSSR count). The van der Waals surface area contributed by atoms with E-state index < -0.39 is 10.0 Å². The number of sulfonamides is 1. The maximum atomic E-state index is 13.5. The van der Waals surface area contributed by atoms with Crippen LogP contribution >= 0.6 is 0 Å². The molecule has 0 amide bonds. The van der Waals surface area contributed by atoms with Gasteiger partial charge in [0.25, 0.3) is 5.89 Å². The number of piperazine rings is 1. The number of methoxy groups -OCH3 is 1. The molecular weight excluding hydrogens is 456 g/mol. The van der Waals surface area contributed by atoms with Gasteiger partial charge in [-0.2, -0.15) is 9.29 Å². The van der Waals surface area contributed by atoms with Gasteiger partial charge in [-0.25, -0.2) is 8.42 Å². The third-order valence-electron chi connectivity index (χ3n) is 5.75. The van der Waals surface area contributed by atoms with Crippen molar-refractivity contribution in [2.24, 2.45) is 0 Å². The highest BCUT2D eigenvalue weighted by molar-refractivity contribution is 7.89. The van der Waals surface area contributed by atoms with Crippen LogP contribution in [-0.4, -0.2) is 62.8 Å². The Balaban J connectivity index is 1.55. The molecule has 0 aliphatic carbocycles. The number of ether oxygens (including phenoxy) is 2. The Morgan fingerprint density at radius 3 is 2.35 bits per heavy atom. The average molecular weight is 487 g/mol. The van der Waals surface area contributed by atoms with Gasteiger partial charge >= 0.3 is 0 Å². The normalized spacial score (nSPS) is 15.0. The van der Waals surface area contributed by atoms with Gasteiger partial charge in [-0.1, -0.05) is 19.0 Å². The van der Waals surface area contributed by atoms with Crippen LogP contribution in [-0.2, 0) is 10.0 Å². The fourth-order valence-electron chi connectivity index (χ4n) is 3.83. The quantitative estimate of drug-likeness (QED) is 0.475.